The third-order valence-corrected chi connectivity index (χ3v) is 5.88. The molecular weight excluding hydrogens is 450 g/mol. The number of rotatable bonds is 8. The molecule has 0 unspecified atom stereocenters. The van der Waals surface area contributed by atoms with E-state index in [9.17, 15) is 14.0 Å². The molecule has 0 spiro atoms. The highest BCUT2D eigenvalue weighted by molar-refractivity contribution is 6.36. The Labute approximate surface area is 197 Å². The minimum Gasteiger partial charge on any atom is -0.357 e. The maximum atomic E-state index is 13.5. The fourth-order valence-corrected chi connectivity index (χ4v) is 3.99. The van der Waals surface area contributed by atoms with Gasteiger partial charge in [0.2, 0.25) is 11.8 Å². The highest BCUT2D eigenvalue weighted by Crippen LogP contribution is 2.26. The van der Waals surface area contributed by atoms with Crippen LogP contribution in [0, 0.1) is 5.82 Å². The average molecular weight is 473 g/mol. The van der Waals surface area contributed by atoms with E-state index in [1.54, 1.807) is 30.3 Å². The second kappa shape index (κ2) is 11.1. The SMILES string of the molecule is CNC(=O)[C@@H](Cc1ccccc1)N(Cc1ccc(F)cc1)C(=O)Cc1c(Cl)cccc1Cl. The molecule has 2 amide bonds. The second-order valence-corrected chi connectivity index (χ2v) is 8.16. The largest absolute Gasteiger partial charge is 0.357 e. The number of carbonyl (C=O) groups is 2. The summed E-state index contributed by atoms with van der Waals surface area (Å²) in [5, 5.41) is 3.42. The molecule has 3 rings (SSSR count). The van der Waals surface area contributed by atoms with Crippen LogP contribution >= 0.6 is 23.2 Å². The summed E-state index contributed by atoms with van der Waals surface area (Å²) in [7, 11) is 1.53. The molecule has 0 aliphatic heterocycles. The predicted molar refractivity (Wildman–Crippen MR) is 125 cm³/mol. The van der Waals surface area contributed by atoms with Crippen LogP contribution < -0.4 is 5.32 Å². The molecule has 0 aliphatic carbocycles. The molecule has 3 aromatic rings. The van der Waals surface area contributed by atoms with Crippen molar-refractivity contribution in [1.29, 1.82) is 0 Å². The molecule has 0 radical (unpaired) electrons. The van der Waals surface area contributed by atoms with Gasteiger partial charge in [-0.3, -0.25) is 9.59 Å². The summed E-state index contributed by atoms with van der Waals surface area (Å²) >= 11 is 12.6. The maximum absolute atomic E-state index is 13.5. The number of halogens is 3. The zero-order valence-corrected chi connectivity index (χ0v) is 19.0. The fraction of sp³-hybridized carbons (Fsp3) is 0.200. The lowest BCUT2D eigenvalue weighted by molar-refractivity contribution is -0.140. The number of hydrogen-bond acceptors (Lipinski definition) is 2. The van der Waals surface area contributed by atoms with Crippen LogP contribution in [0.4, 0.5) is 4.39 Å². The van der Waals surface area contributed by atoms with Gasteiger partial charge in [0, 0.05) is 30.1 Å². The number of nitrogens with zero attached hydrogens (tertiary/aromatic N) is 1. The Kier molecular flexibility index (Phi) is 8.26. The van der Waals surface area contributed by atoms with Crippen molar-refractivity contribution in [2.24, 2.45) is 0 Å². The van der Waals surface area contributed by atoms with E-state index >= 15 is 0 Å². The van der Waals surface area contributed by atoms with Gasteiger partial charge >= 0.3 is 0 Å². The van der Waals surface area contributed by atoms with Gasteiger partial charge in [0.1, 0.15) is 11.9 Å². The zero-order valence-electron chi connectivity index (χ0n) is 17.5. The minimum absolute atomic E-state index is 0.0675. The van der Waals surface area contributed by atoms with Gasteiger partial charge in [-0.25, -0.2) is 4.39 Å². The lowest BCUT2D eigenvalue weighted by Crippen LogP contribution is -2.50. The van der Waals surface area contributed by atoms with Crippen LogP contribution in [-0.2, 0) is 29.0 Å². The maximum Gasteiger partial charge on any atom is 0.242 e. The predicted octanol–water partition coefficient (Wildman–Crippen LogP) is 5.06. The Bertz CT molecular complexity index is 1050. The third kappa shape index (κ3) is 6.09. The van der Waals surface area contributed by atoms with Crippen molar-refractivity contribution in [3.05, 3.63) is 105 Å². The lowest BCUT2D eigenvalue weighted by atomic mass is 10.0. The Morgan fingerprint density at radius 1 is 0.906 bits per heavy atom. The topological polar surface area (TPSA) is 49.4 Å². The monoisotopic (exact) mass is 472 g/mol. The normalized spacial score (nSPS) is 11.6. The van der Waals surface area contributed by atoms with Crippen molar-refractivity contribution in [2.45, 2.75) is 25.4 Å². The molecule has 0 saturated heterocycles. The van der Waals surface area contributed by atoms with E-state index in [2.05, 4.69) is 5.32 Å². The molecule has 0 fully saturated rings. The number of amides is 2. The lowest BCUT2D eigenvalue weighted by Gasteiger charge is -2.31. The smallest absolute Gasteiger partial charge is 0.242 e. The molecule has 3 aromatic carbocycles. The molecule has 1 atom stereocenters. The zero-order chi connectivity index (χ0) is 23.1. The Balaban J connectivity index is 1.97. The molecular formula is C25H23Cl2FN2O2. The molecule has 7 heteroatoms. The first-order chi connectivity index (χ1) is 15.4. The van der Waals surface area contributed by atoms with Crippen molar-refractivity contribution in [3.8, 4) is 0 Å². The van der Waals surface area contributed by atoms with E-state index in [4.69, 9.17) is 23.2 Å². The van der Waals surface area contributed by atoms with E-state index < -0.39 is 6.04 Å². The number of benzene rings is 3. The molecule has 0 aromatic heterocycles. The van der Waals surface area contributed by atoms with Gasteiger partial charge in [0.15, 0.2) is 0 Å². The van der Waals surface area contributed by atoms with Gasteiger partial charge in [-0.15, -0.1) is 0 Å². The van der Waals surface area contributed by atoms with Gasteiger partial charge in [-0.05, 0) is 41.0 Å². The van der Waals surface area contributed by atoms with Crippen molar-refractivity contribution in [2.75, 3.05) is 7.05 Å². The first-order valence-corrected chi connectivity index (χ1v) is 10.9. The van der Waals surface area contributed by atoms with Crippen LogP contribution in [0.1, 0.15) is 16.7 Å². The van der Waals surface area contributed by atoms with Crippen molar-refractivity contribution < 1.29 is 14.0 Å². The summed E-state index contributed by atoms with van der Waals surface area (Å²) in [6, 6.07) is 19.6. The van der Waals surface area contributed by atoms with Crippen LogP contribution in [0.15, 0.2) is 72.8 Å². The summed E-state index contributed by atoms with van der Waals surface area (Å²) in [6.45, 7) is 0.131. The van der Waals surface area contributed by atoms with E-state index in [0.29, 0.717) is 27.6 Å². The van der Waals surface area contributed by atoms with E-state index in [0.717, 1.165) is 5.56 Å². The molecule has 0 heterocycles. The molecule has 166 valence electrons. The molecule has 4 nitrogen and oxygen atoms in total. The number of likely N-dealkylation sites (N-methyl/N-ethyl adjacent to an activating group) is 1. The molecule has 0 saturated carbocycles. The molecule has 0 aliphatic rings. The summed E-state index contributed by atoms with van der Waals surface area (Å²) in [5.74, 6) is -0.981. The summed E-state index contributed by atoms with van der Waals surface area (Å²) in [4.78, 5) is 27.9. The Morgan fingerprint density at radius 3 is 2.12 bits per heavy atom. The van der Waals surface area contributed by atoms with E-state index in [1.165, 1.54) is 24.1 Å². The average Bonchev–Trinajstić information content (AvgIpc) is 2.80. The van der Waals surface area contributed by atoms with Gasteiger partial charge in [-0.1, -0.05) is 71.7 Å². The summed E-state index contributed by atoms with van der Waals surface area (Å²) in [5.41, 5.74) is 2.11. The van der Waals surface area contributed by atoms with Crippen LogP contribution in [0.3, 0.4) is 0 Å². The van der Waals surface area contributed by atoms with Gasteiger partial charge < -0.3 is 10.2 Å². The first kappa shape index (κ1) is 23.8. The second-order valence-electron chi connectivity index (χ2n) is 7.34. The van der Waals surface area contributed by atoms with Crippen LogP contribution in [-0.4, -0.2) is 29.8 Å². The highest BCUT2D eigenvalue weighted by atomic mass is 35.5. The van der Waals surface area contributed by atoms with Crippen molar-refractivity contribution >= 4 is 35.0 Å². The number of nitrogens with one attached hydrogen (secondary N) is 1. The quantitative estimate of drug-likeness (QED) is 0.497. The number of hydrogen-bond donors (Lipinski definition) is 1. The van der Waals surface area contributed by atoms with Gasteiger partial charge in [0.25, 0.3) is 0 Å². The van der Waals surface area contributed by atoms with Gasteiger partial charge in [0.05, 0.1) is 6.42 Å². The summed E-state index contributed by atoms with van der Waals surface area (Å²) in [6.07, 6.45) is 0.256. The molecule has 32 heavy (non-hydrogen) atoms. The van der Waals surface area contributed by atoms with E-state index in [-0.39, 0.29) is 30.6 Å². The summed E-state index contributed by atoms with van der Waals surface area (Å²) < 4.78 is 13.4. The first-order valence-electron chi connectivity index (χ1n) is 10.1. The van der Waals surface area contributed by atoms with Crippen LogP contribution in [0.5, 0.6) is 0 Å². The third-order valence-electron chi connectivity index (χ3n) is 5.17. The fourth-order valence-electron chi connectivity index (χ4n) is 3.46. The van der Waals surface area contributed by atoms with Gasteiger partial charge in [-0.2, -0.15) is 0 Å². The van der Waals surface area contributed by atoms with Crippen LogP contribution in [0.2, 0.25) is 10.0 Å². The molecule has 0 bridgehead atoms. The Morgan fingerprint density at radius 2 is 1.53 bits per heavy atom. The van der Waals surface area contributed by atoms with Crippen molar-refractivity contribution in [3.63, 3.8) is 0 Å². The standard InChI is InChI=1S/C25H23Cl2FN2O2/c1-29-25(32)23(14-17-6-3-2-4-7-17)30(16-18-10-12-19(28)13-11-18)24(31)15-20-21(26)8-5-9-22(20)27/h2-13,23H,14-16H2,1H3,(H,29,32)/t23-/m1/s1. The number of carbonyl (C=O) groups excluding carboxylic acids is 2. The van der Waals surface area contributed by atoms with E-state index in [1.807, 2.05) is 30.3 Å². The Hall–Kier alpha value is -2.89. The molecule has 1 N–H and O–H groups in total. The van der Waals surface area contributed by atoms with Crippen LogP contribution in [0.25, 0.3) is 0 Å². The minimum atomic E-state index is -0.777. The van der Waals surface area contributed by atoms with Crippen molar-refractivity contribution in [1.82, 2.24) is 10.2 Å². The highest BCUT2D eigenvalue weighted by Gasteiger charge is 2.30.